The normalized spacial score (nSPS) is 10.6. The quantitative estimate of drug-likeness (QED) is 0.432. The number of carbonyl (C=O) groups is 1. The van der Waals surface area contributed by atoms with Crippen LogP contribution in [0.1, 0.15) is 90.4 Å². The molecule has 0 aliphatic rings. The molecule has 0 aliphatic carbocycles. The van der Waals surface area contributed by atoms with Crippen molar-refractivity contribution in [1.82, 2.24) is 5.32 Å². The number of carboxylic acid groups (broad SMARTS) is 1. The second-order valence-corrected chi connectivity index (χ2v) is 5.41. The second-order valence-electron chi connectivity index (χ2n) is 5.41. The summed E-state index contributed by atoms with van der Waals surface area (Å²) in [4.78, 5) is 10.2. The molecule has 0 saturated carbocycles. The Morgan fingerprint density at radius 3 is 1.47 bits per heavy atom. The first-order valence-electron chi connectivity index (χ1n) is 8.17. The topological polar surface area (TPSA) is 51.4 Å². The maximum Gasteiger partial charge on any atom is 0.426 e. The van der Waals surface area contributed by atoms with Gasteiger partial charge in [0.15, 0.2) is 0 Å². The molecule has 3 nitrogen and oxygen atoms in total. The van der Waals surface area contributed by atoms with Crippen molar-refractivity contribution in [2.75, 3.05) is 6.54 Å². The summed E-state index contributed by atoms with van der Waals surface area (Å²) in [6.07, 6.45) is 16.0. The standard InChI is InChI=1S/C16H32NO2/c1-2-3-4-5-6-7-8-9-10-11-12-13-14-15-17-16(18)19/h2-15H2,1H3,(H,18,19). The van der Waals surface area contributed by atoms with Gasteiger partial charge in [-0.2, -0.15) is 0 Å². The van der Waals surface area contributed by atoms with Crippen LogP contribution in [0.2, 0.25) is 0 Å². The monoisotopic (exact) mass is 270 g/mol. The summed E-state index contributed by atoms with van der Waals surface area (Å²) in [5.74, 6) is 0. The van der Waals surface area contributed by atoms with Crippen LogP contribution in [0, 0.1) is 0 Å². The van der Waals surface area contributed by atoms with Gasteiger partial charge in [0.2, 0.25) is 0 Å². The highest BCUT2D eigenvalue weighted by molar-refractivity contribution is 5.63. The van der Waals surface area contributed by atoms with Crippen molar-refractivity contribution in [3.63, 3.8) is 0 Å². The molecule has 113 valence electrons. The van der Waals surface area contributed by atoms with E-state index in [0.29, 0.717) is 6.54 Å². The lowest BCUT2D eigenvalue weighted by atomic mass is 10.0. The molecule has 0 bridgehead atoms. The Morgan fingerprint density at radius 2 is 1.11 bits per heavy atom. The third kappa shape index (κ3) is 17.3. The van der Waals surface area contributed by atoms with Gasteiger partial charge in [0.25, 0.3) is 0 Å². The zero-order chi connectivity index (χ0) is 14.2. The maximum absolute atomic E-state index is 10.2. The molecule has 1 amide bonds. The van der Waals surface area contributed by atoms with Gasteiger partial charge in [-0.25, -0.2) is 10.1 Å². The zero-order valence-electron chi connectivity index (χ0n) is 12.7. The van der Waals surface area contributed by atoms with Crippen LogP contribution in [0.4, 0.5) is 4.79 Å². The van der Waals surface area contributed by atoms with Crippen LogP contribution in [0.5, 0.6) is 0 Å². The average Bonchev–Trinajstić information content (AvgIpc) is 2.39. The zero-order valence-corrected chi connectivity index (χ0v) is 12.7. The molecule has 0 aromatic carbocycles. The third-order valence-corrected chi connectivity index (χ3v) is 3.51. The number of rotatable bonds is 14. The van der Waals surface area contributed by atoms with Crippen molar-refractivity contribution in [2.45, 2.75) is 90.4 Å². The summed E-state index contributed by atoms with van der Waals surface area (Å²) >= 11 is 0. The van der Waals surface area contributed by atoms with Gasteiger partial charge < -0.3 is 5.11 Å². The van der Waals surface area contributed by atoms with Crippen LogP contribution < -0.4 is 5.32 Å². The molecule has 0 aliphatic heterocycles. The first-order valence-corrected chi connectivity index (χ1v) is 8.17. The highest BCUT2D eigenvalue weighted by atomic mass is 16.4. The van der Waals surface area contributed by atoms with Crippen molar-refractivity contribution in [3.05, 3.63) is 0 Å². The highest BCUT2D eigenvalue weighted by Crippen LogP contribution is 2.12. The first-order chi connectivity index (χ1) is 9.27. The average molecular weight is 270 g/mol. The van der Waals surface area contributed by atoms with Crippen LogP contribution in [-0.4, -0.2) is 17.7 Å². The van der Waals surface area contributed by atoms with Gasteiger partial charge in [-0.1, -0.05) is 84.0 Å². The lowest BCUT2D eigenvalue weighted by Gasteiger charge is -2.02. The minimum Gasteiger partial charge on any atom is -0.464 e. The van der Waals surface area contributed by atoms with E-state index in [1.165, 1.54) is 70.6 Å². The lowest BCUT2D eigenvalue weighted by Crippen LogP contribution is -2.13. The Labute approximate surface area is 119 Å². The summed E-state index contributed by atoms with van der Waals surface area (Å²) in [6.45, 7) is 2.74. The van der Waals surface area contributed by atoms with E-state index < -0.39 is 6.09 Å². The molecule has 0 unspecified atom stereocenters. The van der Waals surface area contributed by atoms with E-state index >= 15 is 0 Å². The molecule has 1 radical (unpaired) electrons. The Bertz CT molecular complexity index is 195. The predicted molar refractivity (Wildman–Crippen MR) is 80.7 cm³/mol. The van der Waals surface area contributed by atoms with Gasteiger partial charge in [-0.05, 0) is 6.42 Å². The van der Waals surface area contributed by atoms with E-state index in [4.69, 9.17) is 5.11 Å². The van der Waals surface area contributed by atoms with Crippen molar-refractivity contribution < 1.29 is 9.90 Å². The van der Waals surface area contributed by atoms with Crippen LogP contribution in [0.15, 0.2) is 0 Å². The minimum atomic E-state index is -1.03. The number of unbranched alkanes of at least 4 members (excludes halogenated alkanes) is 12. The summed E-state index contributed by atoms with van der Waals surface area (Å²) < 4.78 is 0. The molecule has 19 heavy (non-hydrogen) atoms. The molecule has 3 heteroatoms. The summed E-state index contributed by atoms with van der Waals surface area (Å²) in [5.41, 5.74) is 0. The number of hydrogen-bond acceptors (Lipinski definition) is 1. The smallest absolute Gasteiger partial charge is 0.426 e. The van der Waals surface area contributed by atoms with Crippen molar-refractivity contribution in [2.24, 2.45) is 0 Å². The molecule has 0 saturated heterocycles. The Kier molecular flexibility index (Phi) is 14.7. The van der Waals surface area contributed by atoms with E-state index in [0.717, 1.165) is 12.8 Å². The summed E-state index contributed by atoms with van der Waals surface area (Å²) in [7, 11) is 0. The first kappa shape index (κ1) is 18.3. The van der Waals surface area contributed by atoms with Crippen LogP contribution in [0.3, 0.4) is 0 Å². The largest absolute Gasteiger partial charge is 0.464 e. The van der Waals surface area contributed by atoms with Gasteiger partial charge in [-0.15, -0.1) is 0 Å². The lowest BCUT2D eigenvalue weighted by molar-refractivity contribution is 0.193. The molecule has 0 aromatic heterocycles. The minimum absolute atomic E-state index is 0.479. The van der Waals surface area contributed by atoms with E-state index in [-0.39, 0.29) is 0 Å². The number of hydrogen-bond donors (Lipinski definition) is 1. The molecule has 0 rings (SSSR count). The van der Waals surface area contributed by atoms with Gasteiger partial charge in [0.05, 0.1) is 0 Å². The van der Waals surface area contributed by atoms with Crippen LogP contribution in [0.25, 0.3) is 0 Å². The van der Waals surface area contributed by atoms with Crippen LogP contribution >= 0.6 is 0 Å². The molecule has 1 N–H and O–H groups in total. The predicted octanol–water partition coefficient (Wildman–Crippen LogP) is 5.36. The number of nitrogens with zero attached hydrogens (tertiary/aromatic N) is 1. The highest BCUT2D eigenvalue weighted by Gasteiger charge is 1.96. The number of amides is 1. The molecule has 0 fully saturated rings. The molecule has 0 atom stereocenters. The van der Waals surface area contributed by atoms with E-state index in [2.05, 4.69) is 12.2 Å². The fraction of sp³-hybridized carbons (Fsp3) is 0.938. The van der Waals surface area contributed by atoms with Crippen molar-refractivity contribution >= 4 is 6.09 Å². The second kappa shape index (κ2) is 15.3. The fourth-order valence-electron chi connectivity index (χ4n) is 2.30. The van der Waals surface area contributed by atoms with E-state index in [9.17, 15) is 4.79 Å². The Hall–Kier alpha value is -0.730. The molecule has 0 heterocycles. The maximum atomic E-state index is 10.2. The SMILES string of the molecule is CCCCCCCCCCCCCCC[N]C(=O)O. The molecule has 0 spiro atoms. The molecular formula is C16H32NO2. The van der Waals surface area contributed by atoms with Gasteiger partial charge in [-0.3, -0.25) is 0 Å². The van der Waals surface area contributed by atoms with Gasteiger partial charge in [0, 0.05) is 6.54 Å². The Balaban J connectivity index is 2.93. The van der Waals surface area contributed by atoms with E-state index in [1.54, 1.807) is 0 Å². The van der Waals surface area contributed by atoms with Gasteiger partial charge in [0.1, 0.15) is 0 Å². The molecule has 0 aromatic rings. The fourth-order valence-corrected chi connectivity index (χ4v) is 2.30. The third-order valence-electron chi connectivity index (χ3n) is 3.51. The van der Waals surface area contributed by atoms with Crippen molar-refractivity contribution in [1.29, 1.82) is 0 Å². The Morgan fingerprint density at radius 1 is 0.737 bits per heavy atom. The van der Waals surface area contributed by atoms with Gasteiger partial charge >= 0.3 is 6.09 Å². The van der Waals surface area contributed by atoms with Crippen molar-refractivity contribution in [3.8, 4) is 0 Å². The summed E-state index contributed by atoms with van der Waals surface area (Å²) in [6, 6.07) is 0. The molecular weight excluding hydrogens is 238 g/mol. The van der Waals surface area contributed by atoms with Crippen LogP contribution in [-0.2, 0) is 0 Å². The summed E-state index contributed by atoms with van der Waals surface area (Å²) in [5, 5.41) is 11.8. The van der Waals surface area contributed by atoms with E-state index in [1.807, 2.05) is 0 Å².